The number of hydrogen-bond donors (Lipinski definition) is 3. The van der Waals surface area contributed by atoms with E-state index < -0.39 is 0 Å². The molecule has 2 aromatic heterocycles. The van der Waals surface area contributed by atoms with E-state index in [2.05, 4.69) is 27.4 Å². The lowest BCUT2D eigenvalue weighted by atomic mass is 10.1. The first-order valence-corrected chi connectivity index (χ1v) is 6.14. The van der Waals surface area contributed by atoms with Gasteiger partial charge in [-0.25, -0.2) is 0 Å². The van der Waals surface area contributed by atoms with Crippen molar-refractivity contribution in [1.82, 2.24) is 15.2 Å². The molecule has 1 unspecified atom stereocenters. The average Bonchev–Trinajstić information content (AvgIpc) is 2.94. The first-order chi connectivity index (χ1) is 9.25. The van der Waals surface area contributed by atoms with Gasteiger partial charge in [0.25, 0.3) is 0 Å². The maximum absolute atomic E-state index is 5.95. The Balaban J connectivity index is 1.99. The molecule has 0 fully saturated rings. The smallest absolute Gasteiger partial charge is 0.0951 e. The first kappa shape index (κ1) is 11.5. The molecule has 0 saturated heterocycles. The van der Waals surface area contributed by atoms with Crippen LogP contribution in [0.4, 0.5) is 11.4 Å². The highest BCUT2D eigenvalue weighted by Crippen LogP contribution is 2.28. The zero-order valence-corrected chi connectivity index (χ0v) is 10.6. The summed E-state index contributed by atoms with van der Waals surface area (Å²) in [6, 6.07) is 7.93. The van der Waals surface area contributed by atoms with Crippen molar-refractivity contribution in [2.24, 2.45) is 0 Å². The lowest BCUT2D eigenvalue weighted by Crippen LogP contribution is -2.06. The largest absolute Gasteiger partial charge is 0.397 e. The van der Waals surface area contributed by atoms with E-state index in [-0.39, 0.29) is 6.04 Å². The van der Waals surface area contributed by atoms with Crippen molar-refractivity contribution < 1.29 is 0 Å². The Morgan fingerprint density at radius 1 is 1.32 bits per heavy atom. The van der Waals surface area contributed by atoms with Crippen LogP contribution in [-0.4, -0.2) is 15.2 Å². The molecule has 3 rings (SSSR count). The number of para-hydroxylation sites is 1. The molecule has 1 aromatic carbocycles. The van der Waals surface area contributed by atoms with Crippen molar-refractivity contribution >= 4 is 22.3 Å². The minimum absolute atomic E-state index is 0.158. The minimum atomic E-state index is 0.158. The highest BCUT2D eigenvalue weighted by Gasteiger charge is 2.09. The van der Waals surface area contributed by atoms with Crippen molar-refractivity contribution in [3.63, 3.8) is 0 Å². The highest BCUT2D eigenvalue weighted by atomic mass is 15.1. The second-order valence-electron chi connectivity index (χ2n) is 4.50. The molecule has 0 bridgehead atoms. The molecule has 0 aliphatic rings. The van der Waals surface area contributed by atoms with Crippen LogP contribution in [-0.2, 0) is 0 Å². The number of nitrogens with one attached hydrogen (secondary N) is 2. The number of aromatic amines is 1. The number of hydrogen-bond acceptors (Lipinski definition) is 4. The normalized spacial score (nSPS) is 12.5. The van der Waals surface area contributed by atoms with Gasteiger partial charge >= 0.3 is 0 Å². The molecular weight excluding hydrogens is 238 g/mol. The molecule has 0 saturated carbocycles. The molecule has 19 heavy (non-hydrogen) atoms. The van der Waals surface area contributed by atoms with Gasteiger partial charge in [0.1, 0.15) is 0 Å². The van der Waals surface area contributed by atoms with Gasteiger partial charge in [-0.3, -0.25) is 10.1 Å². The molecule has 0 radical (unpaired) electrons. The summed E-state index contributed by atoms with van der Waals surface area (Å²) in [5.74, 6) is 0. The number of H-pyrrole nitrogens is 1. The Kier molecular flexibility index (Phi) is 2.79. The van der Waals surface area contributed by atoms with Gasteiger partial charge in [0, 0.05) is 29.0 Å². The molecule has 0 spiro atoms. The second kappa shape index (κ2) is 4.61. The van der Waals surface area contributed by atoms with E-state index in [9.17, 15) is 0 Å². The van der Waals surface area contributed by atoms with Crippen LogP contribution >= 0.6 is 0 Å². The number of nitrogens with zero attached hydrogens (tertiary/aromatic N) is 2. The van der Waals surface area contributed by atoms with Crippen LogP contribution in [0.2, 0.25) is 0 Å². The van der Waals surface area contributed by atoms with E-state index >= 15 is 0 Å². The fraction of sp³-hybridized carbons (Fsp3) is 0.143. The third-order valence-corrected chi connectivity index (χ3v) is 3.19. The number of anilines is 2. The fourth-order valence-electron chi connectivity index (χ4n) is 2.14. The highest BCUT2D eigenvalue weighted by molar-refractivity contribution is 5.97. The summed E-state index contributed by atoms with van der Waals surface area (Å²) in [6.45, 7) is 2.09. The van der Waals surface area contributed by atoms with Crippen LogP contribution in [0.25, 0.3) is 10.9 Å². The average molecular weight is 253 g/mol. The monoisotopic (exact) mass is 253 g/mol. The van der Waals surface area contributed by atoms with Crippen LogP contribution in [0.15, 0.2) is 42.9 Å². The third kappa shape index (κ3) is 2.10. The predicted molar refractivity (Wildman–Crippen MR) is 76.8 cm³/mol. The Morgan fingerprint density at radius 3 is 3.00 bits per heavy atom. The van der Waals surface area contributed by atoms with Gasteiger partial charge in [0.05, 0.1) is 23.4 Å². The van der Waals surface area contributed by atoms with Gasteiger partial charge < -0.3 is 11.1 Å². The van der Waals surface area contributed by atoms with E-state index in [0.29, 0.717) is 5.69 Å². The van der Waals surface area contributed by atoms with E-state index in [1.807, 2.05) is 36.7 Å². The summed E-state index contributed by atoms with van der Waals surface area (Å²) < 4.78 is 0. The molecule has 1 atom stereocenters. The summed E-state index contributed by atoms with van der Waals surface area (Å²) in [6.07, 6.45) is 5.47. The van der Waals surface area contributed by atoms with Crippen LogP contribution < -0.4 is 11.1 Å². The Morgan fingerprint density at radius 2 is 2.21 bits per heavy atom. The SMILES string of the molecule is CC(Nc1ccnc2c(N)cccc12)c1cn[nH]c1. The molecule has 5 heteroatoms. The molecule has 3 aromatic rings. The summed E-state index contributed by atoms with van der Waals surface area (Å²) in [7, 11) is 0. The lowest BCUT2D eigenvalue weighted by Gasteiger charge is -2.15. The van der Waals surface area contributed by atoms with Crippen molar-refractivity contribution in [3.8, 4) is 0 Å². The van der Waals surface area contributed by atoms with Crippen LogP contribution in [0, 0.1) is 0 Å². The van der Waals surface area contributed by atoms with E-state index in [1.54, 1.807) is 6.20 Å². The van der Waals surface area contributed by atoms with Crippen LogP contribution in [0.5, 0.6) is 0 Å². The molecule has 2 heterocycles. The predicted octanol–water partition coefficient (Wildman–Crippen LogP) is 2.71. The molecule has 0 aliphatic carbocycles. The molecule has 0 amide bonds. The third-order valence-electron chi connectivity index (χ3n) is 3.19. The molecule has 4 N–H and O–H groups in total. The van der Waals surface area contributed by atoms with Gasteiger partial charge in [0.2, 0.25) is 0 Å². The van der Waals surface area contributed by atoms with Crippen LogP contribution in [0.1, 0.15) is 18.5 Å². The zero-order chi connectivity index (χ0) is 13.2. The summed E-state index contributed by atoms with van der Waals surface area (Å²) in [4.78, 5) is 4.33. The first-order valence-electron chi connectivity index (χ1n) is 6.14. The number of benzene rings is 1. The minimum Gasteiger partial charge on any atom is -0.397 e. The van der Waals surface area contributed by atoms with E-state index in [0.717, 1.165) is 22.2 Å². The molecule has 5 nitrogen and oxygen atoms in total. The number of rotatable bonds is 3. The Bertz CT molecular complexity index is 690. The quantitative estimate of drug-likeness (QED) is 0.627. The fourth-order valence-corrected chi connectivity index (χ4v) is 2.14. The second-order valence-corrected chi connectivity index (χ2v) is 4.50. The van der Waals surface area contributed by atoms with Crippen molar-refractivity contribution in [2.75, 3.05) is 11.1 Å². The number of fused-ring (bicyclic) bond motifs is 1. The number of nitrogen functional groups attached to an aromatic ring is 1. The Hall–Kier alpha value is -2.56. The van der Waals surface area contributed by atoms with Gasteiger partial charge in [-0.15, -0.1) is 0 Å². The zero-order valence-electron chi connectivity index (χ0n) is 10.6. The maximum atomic E-state index is 5.95. The standard InChI is InChI=1S/C14H15N5/c1-9(10-7-17-18-8-10)19-13-5-6-16-14-11(13)3-2-4-12(14)15/h2-9H,15H2,1H3,(H,16,19)(H,17,18). The van der Waals surface area contributed by atoms with Crippen molar-refractivity contribution in [2.45, 2.75) is 13.0 Å². The summed E-state index contributed by atoms with van der Waals surface area (Å²) in [5.41, 5.74) is 9.59. The van der Waals surface area contributed by atoms with Gasteiger partial charge in [-0.05, 0) is 19.1 Å². The van der Waals surface area contributed by atoms with Gasteiger partial charge in [-0.1, -0.05) is 12.1 Å². The summed E-state index contributed by atoms with van der Waals surface area (Å²) >= 11 is 0. The van der Waals surface area contributed by atoms with Crippen molar-refractivity contribution in [1.29, 1.82) is 0 Å². The van der Waals surface area contributed by atoms with Gasteiger partial charge in [-0.2, -0.15) is 5.10 Å². The van der Waals surface area contributed by atoms with Crippen LogP contribution in [0.3, 0.4) is 0 Å². The van der Waals surface area contributed by atoms with Gasteiger partial charge in [0.15, 0.2) is 0 Å². The van der Waals surface area contributed by atoms with E-state index in [4.69, 9.17) is 5.73 Å². The lowest BCUT2D eigenvalue weighted by molar-refractivity contribution is 0.887. The molecular formula is C14H15N5. The topological polar surface area (TPSA) is 79.6 Å². The number of nitrogens with two attached hydrogens (primary N) is 1. The van der Waals surface area contributed by atoms with E-state index in [1.165, 1.54) is 0 Å². The number of pyridine rings is 1. The summed E-state index contributed by atoms with van der Waals surface area (Å²) in [5, 5.41) is 11.3. The maximum Gasteiger partial charge on any atom is 0.0951 e. The molecule has 96 valence electrons. The Labute approximate surface area is 110 Å². The molecule has 0 aliphatic heterocycles. The number of aromatic nitrogens is 3. The van der Waals surface area contributed by atoms with Crippen molar-refractivity contribution in [3.05, 3.63) is 48.4 Å².